The molecule has 2 fully saturated rings. The van der Waals surface area contributed by atoms with Crippen LogP contribution >= 0.6 is 0 Å². The second-order valence-corrected chi connectivity index (χ2v) is 8.66. The number of methoxy groups -OCH3 is 1. The molecular weight excluding hydrogens is 416 g/mol. The number of carbonyl (C=O) groups excluding carboxylic acids is 1. The highest BCUT2D eigenvalue weighted by Gasteiger charge is 2.35. The van der Waals surface area contributed by atoms with Crippen LogP contribution in [0, 0.1) is 0 Å². The van der Waals surface area contributed by atoms with Crippen molar-refractivity contribution in [3.05, 3.63) is 72.3 Å². The van der Waals surface area contributed by atoms with Crippen LogP contribution < -0.4 is 10.1 Å². The highest BCUT2D eigenvalue weighted by atomic mass is 16.5. The number of rotatable bonds is 5. The fraction of sp³-hybridized carbons (Fsp3) is 0.385. The first-order valence-corrected chi connectivity index (χ1v) is 11.6. The first-order chi connectivity index (χ1) is 16.2. The molecular formula is C26H30N4O3. The fourth-order valence-electron chi connectivity index (χ4n) is 5.02. The van der Waals surface area contributed by atoms with Gasteiger partial charge in [0.25, 0.3) is 5.91 Å². The van der Waals surface area contributed by atoms with Gasteiger partial charge in [-0.05, 0) is 30.5 Å². The molecule has 2 aliphatic rings. The monoisotopic (exact) mass is 446 g/mol. The number of nitrogens with zero attached hydrogens (tertiary/aromatic N) is 3. The Morgan fingerprint density at radius 2 is 1.97 bits per heavy atom. The average Bonchev–Trinajstić information content (AvgIpc) is 3.37. The number of aromatic nitrogens is 2. The van der Waals surface area contributed by atoms with Crippen molar-refractivity contribution >= 4 is 5.91 Å². The van der Waals surface area contributed by atoms with Gasteiger partial charge in [0.15, 0.2) is 0 Å². The smallest absolute Gasteiger partial charge is 0.272 e. The normalized spacial score (nSPS) is 21.3. The van der Waals surface area contributed by atoms with Crippen LogP contribution in [0.2, 0.25) is 0 Å². The molecule has 1 amide bonds. The van der Waals surface area contributed by atoms with E-state index in [0.29, 0.717) is 31.4 Å². The van der Waals surface area contributed by atoms with Crippen molar-refractivity contribution in [2.75, 3.05) is 33.4 Å². The number of carbonyl (C=O) groups is 1. The van der Waals surface area contributed by atoms with E-state index in [1.54, 1.807) is 19.6 Å². The van der Waals surface area contributed by atoms with Crippen LogP contribution in [-0.4, -0.2) is 65.9 Å². The molecule has 3 heterocycles. The summed E-state index contributed by atoms with van der Waals surface area (Å²) in [5.74, 6) is 0.824. The Labute approximate surface area is 194 Å². The molecule has 7 heteroatoms. The van der Waals surface area contributed by atoms with Crippen molar-refractivity contribution in [1.82, 2.24) is 19.8 Å². The maximum Gasteiger partial charge on any atom is 0.272 e. The Balaban J connectivity index is 1.44. The number of benzene rings is 2. The summed E-state index contributed by atoms with van der Waals surface area (Å²) in [6, 6.07) is 16.5. The lowest BCUT2D eigenvalue weighted by Gasteiger charge is -2.41. The van der Waals surface area contributed by atoms with Gasteiger partial charge >= 0.3 is 0 Å². The topological polar surface area (TPSA) is 68.6 Å². The van der Waals surface area contributed by atoms with Gasteiger partial charge in [0.05, 0.1) is 38.4 Å². The second-order valence-electron chi connectivity index (χ2n) is 8.66. The molecule has 3 atom stereocenters. The summed E-state index contributed by atoms with van der Waals surface area (Å²) in [6.07, 6.45) is 4.38. The molecule has 0 bridgehead atoms. The van der Waals surface area contributed by atoms with Crippen LogP contribution in [0.1, 0.15) is 35.4 Å². The Bertz CT molecular complexity index is 1130. The molecule has 5 rings (SSSR count). The number of fused-ring (bicyclic) bond motifs is 1. The zero-order valence-electron chi connectivity index (χ0n) is 19.1. The van der Waals surface area contributed by atoms with Crippen LogP contribution in [0.25, 0.3) is 11.1 Å². The van der Waals surface area contributed by atoms with E-state index in [9.17, 15) is 4.79 Å². The molecule has 2 aliphatic heterocycles. The number of imidazole rings is 1. The Hall–Kier alpha value is -3.16. The number of hydrogen-bond acceptors (Lipinski definition) is 5. The van der Waals surface area contributed by atoms with Crippen molar-refractivity contribution in [3.63, 3.8) is 0 Å². The minimum absolute atomic E-state index is 0.00162. The van der Waals surface area contributed by atoms with Gasteiger partial charge in [-0.3, -0.25) is 4.79 Å². The van der Waals surface area contributed by atoms with E-state index in [1.807, 2.05) is 39.8 Å². The van der Waals surface area contributed by atoms with Gasteiger partial charge < -0.3 is 24.3 Å². The highest BCUT2D eigenvalue weighted by Crippen LogP contribution is 2.36. The van der Waals surface area contributed by atoms with Crippen LogP contribution in [0.15, 0.2) is 61.1 Å². The maximum atomic E-state index is 13.5. The van der Waals surface area contributed by atoms with Gasteiger partial charge in [0.2, 0.25) is 0 Å². The molecule has 0 spiro atoms. The van der Waals surface area contributed by atoms with Crippen molar-refractivity contribution < 1.29 is 14.3 Å². The highest BCUT2D eigenvalue weighted by molar-refractivity contribution is 5.92. The number of ether oxygens (including phenoxy) is 2. The average molecular weight is 447 g/mol. The van der Waals surface area contributed by atoms with Gasteiger partial charge in [-0.25, -0.2) is 4.98 Å². The molecule has 2 aromatic carbocycles. The van der Waals surface area contributed by atoms with Gasteiger partial charge in [-0.2, -0.15) is 0 Å². The van der Waals surface area contributed by atoms with Gasteiger partial charge in [0, 0.05) is 31.2 Å². The molecule has 33 heavy (non-hydrogen) atoms. The third kappa shape index (κ3) is 4.14. The molecule has 3 aromatic rings. The summed E-state index contributed by atoms with van der Waals surface area (Å²) in [7, 11) is 1.69. The molecule has 0 saturated carbocycles. The second kappa shape index (κ2) is 9.37. The third-order valence-electron chi connectivity index (χ3n) is 6.80. The first kappa shape index (κ1) is 21.7. The maximum absolute atomic E-state index is 13.5. The van der Waals surface area contributed by atoms with Crippen molar-refractivity contribution in [1.29, 1.82) is 0 Å². The predicted molar refractivity (Wildman–Crippen MR) is 127 cm³/mol. The molecule has 1 aromatic heterocycles. The third-order valence-corrected chi connectivity index (χ3v) is 6.80. The lowest BCUT2D eigenvalue weighted by atomic mass is 9.94. The number of piperidine rings is 1. The lowest BCUT2D eigenvalue weighted by Crippen LogP contribution is -2.58. The molecule has 172 valence electrons. The number of morpholine rings is 1. The Morgan fingerprint density at radius 3 is 2.82 bits per heavy atom. The number of amides is 1. The first-order valence-electron chi connectivity index (χ1n) is 11.6. The summed E-state index contributed by atoms with van der Waals surface area (Å²) in [6.45, 7) is 5.00. The predicted octanol–water partition coefficient (Wildman–Crippen LogP) is 3.37. The van der Waals surface area contributed by atoms with Crippen LogP contribution in [0.4, 0.5) is 0 Å². The number of likely N-dealkylation sites (tertiary alicyclic amines) is 1. The number of nitrogens with one attached hydrogen (secondary N) is 1. The lowest BCUT2D eigenvalue weighted by molar-refractivity contribution is -0.0417. The summed E-state index contributed by atoms with van der Waals surface area (Å²) in [5, 5.41) is 3.51. The summed E-state index contributed by atoms with van der Waals surface area (Å²) in [5.41, 5.74) is 3.81. The Morgan fingerprint density at radius 1 is 1.18 bits per heavy atom. The summed E-state index contributed by atoms with van der Waals surface area (Å²) < 4.78 is 13.5. The molecule has 1 N–H and O–H groups in total. The van der Waals surface area contributed by atoms with Crippen molar-refractivity contribution in [2.45, 2.75) is 31.5 Å². The van der Waals surface area contributed by atoms with Crippen LogP contribution in [0.3, 0.4) is 0 Å². The van der Waals surface area contributed by atoms with Gasteiger partial charge in [-0.1, -0.05) is 42.5 Å². The van der Waals surface area contributed by atoms with E-state index < -0.39 is 0 Å². The minimum Gasteiger partial charge on any atom is -0.496 e. The SMILES string of the molecule is COc1ccccc1-c1ccccc1[C@H](C)n1cncc1C(=O)N1CC[C@@H]2NCCO[C@@H]2C1. The molecule has 0 unspecified atom stereocenters. The largest absolute Gasteiger partial charge is 0.496 e. The van der Waals surface area contributed by atoms with E-state index >= 15 is 0 Å². The summed E-state index contributed by atoms with van der Waals surface area (Å²) in [4.78, 5) is 19.8. The quantitative estimate of drug-likeness (QED) is 0.651. The van der Waals surface area contributed by atoms with E-state index in [4.69, 9.17) is 9.47 Å². The number of para-hydroxylation sites is 1. The van der Waals surface area contributed by atoms with E-state index in [0.717, 1.165) is 35.4 Å². The van der Waals surface area contributed by atoms with Crippen LogP contribution in [0.5, 0.6) is 5.75 Å². The zero-order chi connectivity index (χ0) is 22.8. The summed E-state index contributed by atoms with van der Waals surface area (Å²) >= 11 is 0. The standard InChI is InChI=1S/C26H30N4O3/c1-18(19-7-3-4-8-20(19)21-9-5-6-10-24(21)32-2)30-17-27-15-23(30)26(31)29-13-11-22-25(16-29)33-14-12-28-22/h3-10,15,17-18,22,25,28H,11-14,16H2,1-2H3/t18-,22-,25+/m0/s1. The molecule has 7 nitrogen and oxygen atoms in total. The van der Waals surface area contributed by atoms with E-state index in [1.165, 1.54) is 0 Å². The van der Waals surface area contributed by atoms with Crippen LogP contribution in [-0.2, 0) is 4.74 Å². The fourth-order valence-corrected chi connectivity index (χ4v) is 5.02. The number of hydrogen-bond donors (Lipinski definition) is 1. The zero-order valence-corrected chi connectivity index (χ0v) is 19.1. The van der Waals surface area contributed by atoms with Crippen molar-refractivity contribution in [3.8, 4) is 16.9 Å². The van der Waals surface area contributed by atoms with E-state index in [2.05, 4.69) is 35.4 Å². The molecule has 2 saturated heterocycles. The molecule has 0 radical (unpaired) electrons. The molecule has 0 aliphatic carbocycles. The Kier molecular flexibility index (Phi) is 6.15. The minimum atomic E-state index is -0.0855. The van der Waals surface area contributed by atoms with Crippen molar-refractivity contribution in [2.24, 2.45) is 0 Å². The van der Waals surface area contributed by atoms with Gasteiger partial charge in [0.1, 0.15) is 11.4 Å². The van der Waals surface area contributed by atoms with Gasteiger partial charge in [-0.15, -0.1) is 0 Å². The van der Waals surface area contributed by atoms with E-state index in [-0.39, 0.29) is 18.1 Å².